The molecule has 29 heavy (non-hydrogen) atoms. The number of carbonyl (C=O) groups is 1. The molecule has 0 atom stereocenters. The van der Waals surface area contributed by atoms with Gasteiger partial charge in [-0.05, 0) is 55.8 Å². The second-order valence-corrected chi connectivity index (χ2v) is 7.51. The van der Waals surface area contributed by atoms with E-state index in [0.29, 0.717) is 17.9 Å². The predicted molar refractivity (Wildman–Crippen MR) is 120 cm³/mol. The third kappa shape index (κ3) is 5.35. The van der Waals surface area contributed by atoms with E-state index >= 15 is 0 Å². The number of amides is 1. The van der Waals surface area contributed by atoms with Gasteiger partial charge in [0.05, 0.1) is 5.56 Å². The number of hydrogen-bond acceptors (Lipinski definition) is 4. The molecule has 0 fully saturated rings. The molecule has 0 radical (unpaired) electrons. The van der Waals surface area contributed by atoms with Gasteiger partial charge in [-0.1, -0.05) is 30.3 Å². The zero-order chi connectivity index (χ0) is 20.8. The first-order chi connectivity index (χ1) is 13.9. The highest BCUT2D eigenvalue weighted by Crippen LogP contribution is 2.20. The van der Waals surface area contributed by atoms with Crippen molar-refractivity contribution in [3.05, 3.63) is 84.1 Å². The van der Waals surface area contributed by atoms with Crippen molar-refractivity contribution in [3.8, 4) is 0 Å². The van der Waals surface area contributed by atoms with E-state index in [0.717, 1.165) is 16.9 Å². The summed E-state index contributed by atoms with van der Waals surface area (Å²) in [5, 5.41) is 3.27. The number of aromatic nitrogens is 1. The second-order valence-electron chi connectivity index (χ2n) is 7.51. The molecule has 2 aromatic carbocycles. The van der Waals surface area contributed by atoms with Crippen molar-refractivity contribution in [2.75, 3.05) is 24.3 Å². The van der Waals surface area contributed by atoms with E-state index in [9.17, 15) is 4.79 Å². The predicted octanol–water partition coefficient (Wildman–Crippen LogP) is 4.94. The SMILES string of the molecule is CC(C)N(Cc1ccccc1)C(=O)c1ccc(Nc2ccc(N(C)C)cc2)nc1. The lowest BCUT2D eigenvalue weighted by Crippen LogP contribution is -2.36. The van der Waals surface area contributed by atoms with Crippen LogP contribution >= 0.6 is 0 Å². The fourth-order valence-electron chi connectivity index (χ4n) is 3.02. The normalized spacial score (nSPS) is 10.7. The standard InChI is InChI=1S/C24H28N4O/c1-18(2)28(17-19-8-6-5-7-9-19)24(29)20-10-15-23(25-16-20)26-21-11-13-22(14-12-21)27(3)4/h5-16,18H,17H2,1-4H3,(H,25,26). The summed E-state index contributed by atoms with van der Waals surface area (Å²) in [6.07, 6.45) is 1.64. The number of pyridine rings is 1. The van der Waals surface area contributed by atoms with Crippen molar-refractivity contribution in [2.45, 2.75) is 26.4 Å². The molecule has 5 nitrogen and oxygen atoms in total. The monoisotopic (exact) mass is 388 g/mol. The molecule has 3 aromatic rings. The summed E-state index contributed by atoms with van der Waals surface area (Å²) in [4.78, 5) is 21.4. The fraction of sp³-hybridized carbons (Fsp3) is 0.250. The molecule has 0 aliphatic heterocycles. The summed E-state index contributed by atoms with van der Waals surface area (Å²) in [6.45, 7) is 4.64. The third-order valence-corrected chi connectivity index (χ3v) is 4.75. The molecule has 0 aliphatic rings. The molecule has 1 amide bonds. The summed E-state index contributed by atoms with van der Waals surface area (Å²) in [5.74, 6) is 0.691. The lowest BCUT2D eigenvalue weighted by molar-refractivity contribution is 0.0690. The smallest absolute Gasteiger partial charge is 0.255 e. The maximum absolute atomic E-state index is 13.0. The van der Waals surface area contributed by atoms with Gasteiger partial charge in [0.2, 0.25) is 0 Å². The van der Waals surface area contributed by atoms with Crippen LogP contribution in [-0.4, -0.2) is 35.9 Å². The van der Waals surface area contributed by atoms with Crippen LogP contribution < -0.4 is 10.2 Å². The number of benzene rings is 2. The van der Waals surface area contributed by atoms with Crippen LogP contribution in [0.5, 0.6) is 0 Å². The highest BCUT2D eigenvalue weighted by molar-refractivity contribution is 5.94. The summed E-state index contributed by atoms with van der Waals surface area (Å²) in [7, 11) is 4.02. The number of nitrogens with zero attached hydrogens (tertiary/aromatic N) is 3. The number of hydrogen-bond donors (Lipinski definition) is 1. The van der Waals surface area contributed by atoms with Crippen molar-refractivity contribution >= 4 is 23.1 Å². The molecule has 1 aromatic heterocycles. The minimum Gasteiger partial charge on any atom is -0.378 e. The van der Waals surface area contributed by atoms with Crippen LogP contribution in [0.1, 0.15) is 29.8 Å². The summed E-state index contributed by atoms with van der Waals surface area (Å²) in [5.41, 5.74) is 3.79. The molecule has 0 unspecified atom stereocenters. The Balaban J connectivity index is 1.69. The van der Waals surface area contributed by atoms with Gasteiger partial charge in [0.15, 0.2) is 0 Å². The Kier molecular flexibility index (Phi) is 6.50. The van der Waals surface area contributed by atoms with Crippen LogP contribution in [0.3, 0.4) is 0 Å². The molecule has 1 N–H and O–H groups in total. The minimum absolute atomic E-state index is 0.0155. The fourth-order valence-corrected chi connectivity index (χ4v) is 3.02. The van der Waals surface area contributed by atoms with Crippen molar-refractivity contribution in [1.29, 1.82) is 0 Å². The quantitative estimate of drug-likeness (QED) is 0.623. The van der Waals surface area contributed by atoms with Gasteiger partial charge in [-0.3, -0.25) is 4.79 Å². The highest BCUT2D eigenvalue weighted by atomic mass is 16.2. The Morgan fingerprint density at radius 1 is 0.966 bits per heavy atom. The Labute approximate surface area is 173 Å². The van der Waals surface area contributed by atoms with Gasteiger partial charge in [0, 0.05) is 44.3 Å². The van der Waals surface area contributed by atoms with E-state index in [1.165, 1.54) is 0 Å². The topological polar surface area (TPSA) is 48.5 Å². The molecule has 0 saturated heterocycles. The van der Waals surface area contributed by atoms with E-state index in [1.807, 2.05) is 99.6 Å². The second kappa shape index (κ2) is 9.24. The first-order valence-electron chi connectivity index (χ1n) is 9.79. The number of anilines is 3. The molecule has 5 heteroatoms. The van der Waals surface area contributed by atoms with Crippen LogP contribution in [0.4, 0.5) is 17.2 Å². The molecule has 0 bridgehead atoms. The van der Waals surface area contributed by atoms with Gasteiger partial charge in [-0.15, -0.1) is 0 Å². The van der Waals surface area contributed by atoms with Crippen LogP contribution in [0.15, 0.2) is 72.9 Å². The average molecular weight is 389 g/mol. The zero-order valence-corrected chi connectivity index (χ0v) is 17.5. The van der Waals surface area contributed by atoms with Gasteiger partial charge in [-0.2, -0.15) is 0 Å². The minimum atomic E-state index is -0.0155. The zero-order valence-electron chi connectivity index (χ0n) is 17.5. The molecule has 3 rings (SSSR count). The highest BCUT2D eigenvalue weighted by Gasteiger charge is 2.19. The Bertz CT molecular complexity index is 919. The van der Waals surface area contributed by atoms with E-state index in [-0.39, 0.29) is 11.9 Å². The molecular formula is C24H28N4O. The molecule has 0 saturated carbocycles. The van der Waals surface area contributed by atoms with Crippen molar-refractivity contribution in [1.82, 2.24) is 9.88 Å². The molecule has 150 valence electrons. The van der Waals surface area contributed by atoms with Gasteiger partial charge in [-0.25, -0.2) is 4.98 Å². The van der Waals surface area contributed by atoms with Crippen molar-refractivity contribution in [3.63, 3.8) is 0 Å². The van der Waals surface area contributed by atoms with Gasteiger partial charge in [0.25, 0.3) is 5.91 Å². The van der Waals surface area contributed by atoms with Gasteiger partial charge < -0.3 is 15.1 Å². The van der Waals surface area contributed by atoms with Crippen LogP contribution in [-0.2, 0) is 6.54 Å². The van der Waals surface area contributed by atoms with Crippen molar-refractivity contribution in [2.24, 2.45) is 0 Å². The van der Waals surface area contributed by atoms with Crippen LogP contribution in [0.2, 0.25) is 0 Å². The molecule has 0 spiro atoms. The van der Waals surface area contributed by atoms with Crippen molar-refractivity contribution < 1.29 is 4.79 Å². The molecule has 0 aliphatic carbocycles. The number of carbonyl (C=O) groups excluding carboxylic acids is 1. The summed E-state index contributed by atoms with van der Waals surface area (Å²) >= 11 is 0. The number of rotatable bonds is 7. The van der Waals surface area contributed by atoms with Gasteiger partial charge >= 0.3 is 0 Å². The first kappa shape index (κ1) is 20.4. The Morgan fingerprint density at radius 2 is 1.66 bits per heavy atom. The van der Waals surface area contributed by atoms with Crippen LogP contribution in [0, 0.1) is 0 Å². The van der Waals surface area contributed by atoms with E-state index in [4.69, 9.17) is 0 Å². The lowest BCUT2D eigenvalue weighted by Gasteiger charge is -2.27. The lowest BCUT2D eigenvalue weighted by atomic mass is 10.1. The van der Waals surface area contributed by atoms with E-state index < -0.39 is 0 Å². The summed E-state index contributed by atoms with van der Waals surface area (Å²) < 4.78 is 0. The number of nitrogens with one attached hydrogen (secondary N) is 1. The average Bonchev–Trinajstić information content (AvgIpc) is 2.73. The maximum Gasteiger partial charge on any atom is 0.255 e. The largest absolute Gasteiger partial charge is 0.378 e. The molecule has 1 heterocycles. The maximum atomic E-state index is 13.0. The first-order valence-corrected chi connectivity index (χ1v) is 9.79. The van der Waals surface area contributed by atoms with E-state index in [1.54, 1.807) is 6.20 Å². The Morgan fingerprint density at radius 3 is 2.21 bits per heavy atom. The van der Waals surface area contributed by atoms with Crippen LogP contribution in [0.25, 0.3) is 0 Å². The third-order valence-electron chi connectivity index (χ3n) is 4.75. The Hall–Kier alpha value is -3.34. The van der Waals surface area contributed by atoms with Gasteiger partial charge in [0.1, 0.15) is 5.82 Å². The van der Waals surface area contributed by atoms with E-state index in [2.05, 4.69) is 15.2 Å². The molecular weight excluding hydrogens is 360 g/mol. The summed E-state index contributed by atoms with van der Waals surface area (Å²) in [6, 6.07) is 21.9.